The Morgan fingerprint density at radius 3 is 3.00 bits per heavy atom. The second-order valence-corrected chi connectivity index (χ2v) is 7.00. The lowest BCUT2D eigenvalue weighted by molar-refractivity contribution is 0.346. The van der Waals surface area contributed by atoms with Gasteiger partial charge in [0.1, 0.15) is 5.82 Å². The molecule has 5 nitrogen and oxygen atoms in total. The van der Waals surface area contributed by atoms with Gasteiger partial charge < -0.3 is 9.88 Å². The van der Waals surface area contributed by atoms with Crippen LogP contribution in [-0.4, -0.2) is 25.9 Å². The first-order chi connectivity index (χ1) is 10.0. The largest absolute Gasteiger partial charge is 0.335 e. The van der Waals surface area contributed by atoms with Crippen LogP contribution >= 0.6 is 0 Å². The summed E-state index contributed by atoms with van der Waals surface area (Å²) in [5.41, 5.74) is 1.31. The van der Waals surface area contributed by atoms with E-state index in [4.69, 9.17) is 0 Å². The predicted octanol–water partition coefficient (Wildman–Crippen LogP) is 2.19. The molecule has 1 aliphatic heterocycles. The van der Waals surface area contributed by atoms with E-state index in [1.807, 2.05) is 17.1 Å². The highest BCUT2D eigenvalue weighted by Crippen LogP contribution is 2.18. The molecule has 2 aromatic heterocycles. The van der Waals surface area contributed by atoms with Gasteiger partial charge in [-0.15, -0.1) is 0 Å². The molecule has 3 heterocycles. The van der Waals surface area contributed by atoms with Crippen LogP contribution in [-0.2, 0) is 25.0 Å². The molecule has 1 aliphatic rings. The van der Waals surface area contributed by atoms with Crippen LogP contribution in [0.2, 0.25) is 0 Å². The molecule has 0 saturated carbocycles. The van der Waals surface area contributed by atoms with Crippen LogP contribution in [0.25, 0.3) is 0 Å². The number of aryl methyl sites for hydroxylation is 1. The molecule has 1 unspecified atom stereocenters. The number of imidazole rings is 1. The zero-order chi connectivity index (χ0) is 14.9. The minimum absolute atomic E-state index is 0.0550. The highest BCUT2D eigenvalue weighted by Gasteiger charge is 2.18. The summed E-state index contributed by atoms with van der Waals surface area (Å²) in [4.78, 5) is 4.38. The molecule has 0 saturated heterocycles. The summed E-state index contributed by atoms with van der Waals surface area (Å²) in [7, 11) is 0. The smallest absolute Gasteiger partial charge is 0.108 e. The molecule has 3 rings (SSSR count). The molecule has 0 spiro atoms. The molecule has 0 amide bonds. The van der Waals surface area contributed by atoms with Gasteiger partial charge in [0, 0.05) is 43.7 Å². The zero-order valence-electron chi connectivity index (χ0n) is 13.2. The van der Waals surface area contributed by atoms with Gasteiger partial charge >= 0.3 is 0 Å². The van der Waals surface area contributed by atoms with E-state index in [2.05, 4.69) is 53.1 Å². The maximum atomic E-state index is 4.44. The third kappa shape index (κ3) is 3.35. The first-order valence-electron chi connectivity index (χ1n) is 7.77. The van der Waals surface area contributed by atoms with Gasteiger partial charge in [-0.3, -0.25) is 4.68 Å². The minimum Gasteiger partial charge on any atom is -0.335 e. The standard InChI is InChI=1S/C16H25N5/c1-16(2,3)21-12-14(10-19-21)9-17-8-13-4-5-15-18-6-7-20(15)11-13/h6-7,10,12-13,17H,4-5,8-9,11H2,1-3H3. The lowest BCUT2D eigenvalue weighted by atomic mass is 9.99. The van der Waals surface area contributed by atoms with Gasteiger partial charge in [-0.25, -0.2) is 4.98 Å². The molecule has 0 fully saturated rings. The quantitative estimate of drug-likeness (QED) is 0.937. The number of aromatic nitrogens is 4. The predicted molar refractivity (Wildman–Crippen MR) is 83.0 cm³/mol. The van der Waals surface area contributed by atoms with Gasteiger partial charge in [-0.05, 0) is 39.7 Å². The average Bonchev–Trinajstić information content (AvgIpc) is 3.05. The van der Waals surface area contributed by atoms with E-state index in [-0.39, 0.29) is 5.54 Å². The Morgan fingerprint density at radius 1 is 1.38 bits per heavy atom. The van der Waals surface area contributed by atoms with Gasteiger partial charge in [0.25, 0.3) is 0 Å². The highest BCUT2D eigenvalue weighted by atomic mass is 15.3. The number of rotatable bonds is 4. The van der Waals surface area contributed by atoms with Crippen molar-refractivity contribution in [2.75, 3.05) is 6.54 Å². The monoisotopic (exact) mass is 287 g/mol. The van der Waals surface area contributed by atoms with E-state index in [0.29, 0.717) is 5.92 Å². The van der Waals surface area contributed by atoms with Crippen molar-refractivity contribution in [3.05, 3.63) is 36.2 Å². The number of fused-ring (bicyclic) bond motifs is 1. The number of hydrogen-bond donors (Lipinski definition) is 1. The average molecular weight is 287 g/mol. The summed E-state index contributed by atoms with van der Waals surface area (Å²) in [5, 5.41) is 8.01. The van der Waals surface area contributed by atoms with Crippen LogP contribution in [0.1, 0.15) is 38.6 Å². The van der Waals surface area contributed by atoms with Crippen molar-refractivity contribution in [2.45, 2.75) is 52.2 Å². The van der Waals surface area contributed by atoms with Gasteiger partial charge in [-0.2, -0.15) is 5.10 Å². The molecule has 2 aromatic rings. The lowest BCUT2D eigenvalue weighted by Crippen LogP contribution is -2.29. The topological polar surface area (TPSA) is 47.7 Å². The summed E-state index contributed by atoms with van der Waals surface area (Å²) in [6, 6.07) is 0. The Bertz CT molecular complexity index is 590. The van der Waals surface area contributed by atoms with Crippen molar-refractivity contribution in [3.8, 4) is 0 Å². The van der Waals surface area contributed by atoms with E-state index >= 15 is 0 Å². The summed E-state index contributed by atoms with van der Waals surface area (Å²) >= 11 is 0. The fourth-order valence-corrected chi connectivity index (χ4v) is 2.84. The van der Waals surface area contributed by atoms with Crippen molar-refractivity contribution in [2.24, 2.45) is 5.92 Å². The van der Waals surface area contributed by atoms with E-state index in [1.165, 1.54) is 17.8 Å². The molecular weight excluding hydrogens is 262 g/mol. The Kier molecular flexibility index (Phi) is 3.85. The van der Waals surface area contributed by atoms with E-state index < -0.39 is 0 Å². The highest BCUT2D eigenvalue weighted by molar-refractivity contribution is 5.05. The van der Waals surface area contributed by atoms with Crippen molar-refractivity contribution < 1.29 is 0 Å². The summed E-state index contributed by atoms with van der Waals surface area (Å²) < 4.78 is 4.32. The Balaban J connectivity index is 1.48. The van der Waals surface area contributed by atoms with E-state index in [9.17, 15) is 0 Å². The van der Waals surface area contributed by atoms with Crippen molar-refractivity contribution in [3.63, 3.8) is 0 Å². The number of hydrogen-bond acceptors (Lipinski definition) is 3. The maximum Gasteiger partial charge on any atom is 0.108 e. The number of nitrogens with zero attached hydrogens (tertiary/aromatic N) is 4. The van der Waals surface area contributed by atoms with Crippen molar-refractivity contribution >= 4 is 0 Å². The SMILES string of the molecule is CC(C)(C)n1cc(CNCC2CCc3nccn3C2)cn1. The molecule has 1 atom stereocenters. The number of nitrogens with one attached hydrogen (secondary N) is 1. The Hall–Kier alpha value is -1.62. The minimum atomic E-state index is 0.0550. The van der Waals surface area contributed by atoms with E-state index in [0.717, 1.165) is 26.1 Å². The normalized spacial score (nSPS) is 18.7. The Morgan fingerprint density at radius 2 is 2.24 bits per heavy atom. The van der Waals surface area contributed by atoms with Gasteiger partial charge in [0.15, 0.2) is 0 Å². The second kappa shape index (κ2) is 5.64. The Labute approximate surface area is 126 Å². The van der Waals surface area contributed by atoms with Gasteiger partial charge in [0.05, 0.1) is 11.7 Å². The first-order valence-corrected chi connectivity index (χ1v) is 7.77. The molecule has 0 radical (unpaired) electrons. The third-order valence-electron chi connectivity index (χ3n) is 4.12. The van der Waals surface area contributed by atoms with E-state index in [1.54, 1.807) is 0 Å². The molecule has 0 aliphatic carbocycles. The van der Waals surface area contributed by atoms with Crippen LogP contribution in [0.15, 0.2) is 24.8 Å². The maximum absolute atomic E-state index is 4.44. The molecule has 21 heavy (non-hydrogen) atoms. The lowest BCUT2D eigenvalue weighted by Gasteiger charge is -2.24. The fourth-order valence-electron chi connectivity index (χ4n) is 2.84. The van der Waals surface area contributed by atoms with Crippen LogP contribution in [0.3, 0.4) is 0 Å². The van der Waals surface area contributed by atoms with Gasteiger partial charge in [0.2, 0.25) is 0 Å². The summed E-state index contributed by atoms with van der Waals surface area (Å²) in [5.74, 6) is 1.93. The van der Waals surface area contributed by atoms with Crippen LogP contribution in [0, 0.1) is 5.92 Å². The van der Waals surface area contributed by atoms with Crippen molar-refractivity contribution in [1.82, 2.24) is 24.6 Å². The van der Waals surface area contributed by atoms with Crippen LogP contribution in [0.4, 0.5) is 0 Å². The zero-order valence-corrected chi connectivity index (χ0v) is 13.2. The molecule has 0 aromatic carbocycles. The fraction of sp³-hybridized carbons (Fsp3) is 0.625. The second-order valence-electron chi connectivity index (χ2n) is 7.00. The van der Waals surface area contributed by atoms with Crippen molar-refractivity contribution in [1.29, 1.82) is 0 Å². The van der Waals surface area contributed by atoms with Gasteiger partial charge in [-0.1, -0.05) is 0 Å². The molecular formula is C16H25N5. The third-order valence-corrected chi connectivity index (χ3v) is 4.12. The summed E-state index contributed by atoms with van der Waals surface area (Å²) in [6.07, 6.45) is 10.4. The first kappa shape index (κ1) is 14.3. The molecule has 0 bridgehead atoms. The molecule has 5 heteroatoms. The molecule has 1 N–H and O–H groups in total. The summed E-state index contributed by atoms with van der Waals surface area (Å²) in [6.45, 7) is 9.54. The molecule has 114 valence electrons. The van der Waals surface area contributed by atoms with Crippen LogP contribution in [0.5, 0.6) is 0 Å². The van der Waals surface area contributed by atoms with Crippen LogP contribution < -0.4 is 5.32 Å².